The van der Waals surface area contributed by atoms with E-state index in [0.29, 0.717) is 18.2 Å². The van der Waals surface area contributed by atoms with Gasteiger partial charge in [-0.05, 0) is 24.3 Å². The first-order valence-electron chi connectivity index (χ1n) is 9.53. The molecule has 0 radical (unpaired) electrons. The van der Waals surface area contributed by atoms with Crippen LogP contribution in [-0.4, -0.2) is 52.4 Å². The van der Waals surface area contributed by atoms with E-state index in [1.807, 2.05) is 0 Å². The number of sulfonamides is 2. The fourth-order valence-electron chi connectivity index (χ4n) is 3.42. The number of hydrogen-bond acceptors (Lipinski definition) is 9. The van der Waals surface area contributed by atoms with Gasteiger partial charge in [0.25, 0.3) is 20.4 Å². The van der Waals surface area contributed by atoms with Crippen molar-refractivity contribution in [2.24, 2.45) is 0 Å². The second kappa shape index (κ2) is 13.6. The molecule has 1 aliphatic carbocycles. The Morgan fingerprint density at radius 3 is 1.78 bits per heavy atom. The van der Waals surface area contributed by atoms with E-state index in [9.17, 15) is 42.8 Å². The summed E-state index contributed by atoms with van der Waals surface area (Å²) in [5.74, 6) is 0. The van der Waals surface area contributed by atoms with E-state index in [-0.39, 0.29) is 79.1 Å². The molecule has 0 aliphatic heterocycles. The standard InChI is InChI=1S/C18H11Cl6NO10S4.2Na.2H/c19-11-6-13(21)15(7-12(11)20)36(26,27)25(39(33,34)35,10-4-2-1-3-5-10)37(28,29)16-8-17(23)18(24,9-14(16)22)38(30,31)32;;;;/h1-9,17H,(H-,30,31,32,33,34,35);;;;/q;2*+1;2*-1. The number of benzene rings is 2. The predicted molar refractivity (Wildman–Crippen MR) is 150 cm³/mol. The van der Waals surface area contributed by atoms with Crippen LogP contribution in [0.1, 0.15) is 2.85 Å². The first-order chi connectivity index (χ1) is 17.6. The summed E-state index contributed by atoms with van der Waals surface area (Å²) in [7, 11) is -24.1. The molecule has 41 heavy (non-hydrogen) atoms. The molecule has 3 atom stereocenters. The quantitative estimate of drug-likeness (QED) is 0.118. The molecule has 0 saturated heterocycles. The molecule has 0 fully saturated rings. The minimum atomic E-state index is -6.62. The molecule has 0 aromatic heterocycles. The zero-order valence-electron chi connectivity index (χ0n) is 22.2. The molecule has 0 bridgehead atoms. The first-order valence-corrected chi connectivity index (χ1v) is 17.5. The topological polar surface area (TPSA) is 180 Å². The summed E-state index contributed by atoms with van der Waals surface area (Å²) in [6.45, 7) is 0. The normalized spacial score (nSPS) is 21.4. The molecule has 0 spiro atoms. The van der Waals surface area contributed by atoms with Crippen molar-refractivity contribution in [1.29, 1.82) is 0 Å². The Labute approximate surface area is 313 Å². The van der Waals surface area contributed by atoms with E-state index in [0.717, 1.165) is 18.2 Å². The number of nitrogens with zero attached hydrogens (tertiary/aromatic N) is 1. The van der Waals surface area contributed by atoms with Crippen LogP contribution in [0.3, 0.4) is 0 Å². The van der Waals surface area contributed by atoms with Gasteiger partial charge in [-0.1, -0.05) is 76.2 Å². The number of allylic oxidation sites excluding steroid dienone is 2. The summed E-state index contributed by atoms with van der Waals surface area (Å²) >= 11 is 35.5. The molecule has 218 valence electrons. The third-order valence-electron chi connectivity index (χ3n) is 5.16. The molecule has 0 heterocycles. The monoisotopic (exact) mass is 787 g/mol. The summed E-state index contributed by atoms with van der Waals surface area (Å²) in [5, 5.41) is -5.02. The van der Waals surface area contributed by atoms with Gasteiger partial charge in [-0.3, -0.25) is 4.55 Å². The second-order valence-corrected chi connectivity index (χ2v) is 18.1. The van der Waals surface area contributed by atoms with Crippen LogP contribution >= 0.6 is 69.6 Å². The summed E-state index contributed by atoms with van der Waals surface area (Å²) < 4.78 is 122. The van der Waals surface area contributed by atoms with Gasteiger partial charge >= 0.3 is 79.2 Å². The van der Waals surface area contributed by atoms with E-state index in [2.05, 4.69) is 0 Å². The Kier molecular flexibility index (Phi) is 13.4. The number of hydrogen-bond donors (Lipinski definition) is 1. The van der Waals surface area contributed by atoms with Gasteiger partial charge in [0.15, 0.2) is 5.69 Å². The van der Waals surface area contributed by atoms with E-state index in [4.69, 9.17) is 69.6 Å². The minimum Gasteiger partial charge on any atom is -1.00 e. The molecule has 1 aliphatic rings. The van der Waals surface area contributed by atoms with Gasteiger partial charge in [0.1, 0.15) is 9.80 Å². The van der Waals surface area contributed by atoms with Gasteiger partial charge < -0.3 is 7.41 Å². The predicted octanol–water partition coefficient (Wildman–Crippen LogP) is -1.18. The van der Waals surface area contributed by atoms with Crippen LogP contribution in [0.25, 0.3) is 0 Å². The van der Waals surface area contributed by atoms with Crippen LogP contribution in [0.15, 0.2) is 69.4 Å². The molecule has 23 heteroatoms. The fraction of sp³-hybridized carbons (Fsp3) is 0.111. The van der Waals surface area contributed by atoms with Crippen LogP contribution < -0.4 is 61.8 Å². The van der Waals surface area contributed by atoms with Crippen LogP contribution in [-0.2, 0) is 40.5 Å². The summed E-state index contributed by atoms with van der Waals surface area (Å²) in [6, 6.07) is 5.96. The van der Waals surface area contributed by atoms with E-state index >= 15 is 0 Å². The maximum Gasteiger partial charge on any atom is 1.00 e. The molecule has 0 saturated carbocycles. The zero-order chi connectivity index (χ0) is 30.0. The Morgan fingerprint density at radius 1 is 0.829 bits per heavy atom. The fourth-order valence-corrected chi connectivity index (χ4v) is 13.2. The van der Waals surface area contributed by atoms with Gasteiger partial charge in [0.2, 0.25) is 4.21 Å². The van der Waals surface area contributed by atoms with Crippen LogP contribution in [0.4, 0.5) is 5.69 Å². The molecule has 1 N–H and O–H groups in total. The molecule has 11 nitrogen and oxygen atoms in total. The molecular weight excluding hydrogens is 777 g/mol. The van der Waals surface area contributed by atoms with Crippen molar-refractivity contribution < 1.29 is 105 Å². The summed E-state index contributed by atoms with van der Waals surface area (Å²) in [6.07, 6.45) is 0.485. The Balaban J connectivity index is 0. The van der Waals surface area contributed by atoms with Crippen molar-refractivity contribution in [3.8, 4) is 0 Å². The van der Waals surface area contributed by atoms with E-state index in [1.165, 1.54) is 6.07 Å². The molecule has 2 aromatic rings. The Bertz CT molecular complexity index is 1890. The Morgan fingerprint density at radius 2 is 1.32 bits per heavy atom. The summed E-state index contributed by atoms with van der Waals surface area (Å²) in [4.78, 5) is -2.68. The average Bonchev–Trinajstić information content (AvgIpc) is 2.77. The van der Waals surface area contributed by atoms with Gasteiger partial charge in [-0.15, -0.1) is 11.6 Å². The zero-order valence-corrected chi connectivity index (χ0v) is 32.0. The molecule has 3 rings (SSSR count). The number of rotatable bonds is 7. The first kappa shape index (κ1) is 40.4. The number of halogens is 6. The van der Waals surface area contributed by atoms with Gasteiger partial charge in [0, 0.05) is 14.8 Å². The number of alkyl halides is 2. The van der Waals surface area contributed by atoms with E-state index < -0.39 is 83.3 Å². The van der Waals surface area contributed by atoms with Gasteiger partial charge in [-0.2, -0.15) is 33.7 Å². The number of quaternary nitrogens is 1. The van der Waals surface area contributed by atoms with Crippen molar-refractivity contribution in [2.45, 2.75) is 14.5 Å². The third kappa shape index (κ3) is 6.62. The smallest absolute Gasteiger partial charge is 1.00 e. The van der Waals surface area contributed by atoms with Gasteiger partial charge in [-0.25, -0.2) is 0 Å². The van der Waals surface area contributed by atoms with Crippen LogP contribution in [0.5, 0.6) is 0 Å². The summed E-state index contributed by atoms with van der Waals surface area (Å²) in [5.41, 5.74) is -1.15. The molecule has 3 unspecified atom stereocenters. The van der Waals surface area contributed by atoms with Crippen molar-refractivity contribution in [1.82, 2.24) is 2.70 Å². The Hall–Kier alpha value is 1.34. The maximum absolute atomic E-state index is 14.2. The SMILES string of the molecule is O=S(=O)(O)C1(Cl)C=C(Cl)C(S(=O)(=O)[N+](c2ccccc2)(S(=O)(=O)[O-])S(=O)(=O)c2cc(Cl)c(Cl)cc2Cl)=CC1Cl.[H-].[H-].[Na+].[Na+]. The maximum atomic E-state index is 14.2. The third-order valence-corrected chi connectivity index (χ3v) is 17.3. The van der Waals surface area contributed by atoms with Crippen LogP contribution in [0.2, 0.25) is 15.1 Å². The largest absolute Gasteiger partial charge is 1.00 e. The van der Waals surface area contributed by atoms with Crippen LogP contribution in [0, 0.1) is 0 Å². The van der Waals surface area contributed by atoms with Crippen molar-refractivity contribution in [2.75, 3.05) is 0 Å². The average molecular weight is 790 g/mol. The molecule has 2 aromatic carbocycles. The second-order valence-electron chi connectivity index (χ2n) is 7.51. The molecule has 0 amide bonds. The minimum absolute atomic E-state index is 0. The van der Waals surface area contributed by atoms with Gasteiger partial charge in [0.05, 0.1) is 25.5 Å². The van der Waals surface area contributed by atoms with E-state index in [1.54, 1.807) is 0 Å². The van der Waals surface area contributed by atoms with Crippen molar-refractivity contribution in [3.05, 3.63) is 79.6 Å². The molecular formula is C18H13Cl6NNa2O10S4. The van der Waals surface area contributed by atoms with Crippen molar-refractivity contribution >= 4 is 116 Å². The van der Waals surface area contributed by atoms with Crippen molar-refractivity contribution in [3.63, 3.8) is 0 Å².